The van der Waals surface area contributed by atoms with Crippen molar-refractivity contribution in [2.24, 2.45) is 5.92 Å². The molecule has 2 aliphatic rings. The Kier molecular flexibility index (Phi) is 3.53. The molecule has 3 unspecified atom stereocenters. The zero-order valence-electron chi connectivity index (χ0n) is 10.5. The fourth-order valence-electron chi connectivity index (χ4n) is 3.20. The van der Waals surface area contributed by atoms with Gasteiger partial charge in [-0.15, -0.1) is 0 Å². The molecule has 2 fully saturated rings. The van der Waals surface area contributed by atoms with E-state index in [1.54, 1.807) is 0 Å². The molecule has 106 valence electrons. The van der Waals surface area contributed by atoms with Crippen molar-refractivity contribution in [2.45, 2.75) is 43.0 Å². The molecule has 3 atom stereocenters. The number of rotatable bonds is 2. The summed E-state index contributed by atoms with van der Waals surface area (Å²) in [7, 11) is -6.26. The molecule has 1 heterocycles. The quantitative estimate of drug-likeness (QED) is 0.783. The van der Waals surface area contributed by atoms with Crippen molar-refractivity contribution in [3.05, 3.63) is 0 Å². The monoisotopic (exact) mass is 296 g/mol. The lowest BCUT2D eigenvalue weighted by Crippen LogP contribution is -2.43. The molecule has 18 heavy (non-hydrogen) atoms. The van der Waals surface area contributed by atoms with Gasteiger partial charge in [0.15, 0.2) is 9.84 Å². The van der Waals surface area contributed by atoms with Crippen LogP contribution < -0.4 is 0 Å². The Balaban J connectivity index is 2.15. The Labute approximate surface area is 108 Å². The summed E-state index contributed by atoms with van der Waals surface area (Å²) in [5.74, 6) is -0.395. The van der Waals surface area contributed by atoms with Crippen molar-refractivity contribution in [3.63, 3.8) is 0 Å². The van der Waals surface area contributed by atoms with Gasteiger partial charge in [-0.3, -0.25) is 0 Å². The van der Waals surface area contributed by atoms with Gasteiger partial charge in [0.25, 0.3) is 0 Å². The van der Waals surface area contributed by atoms with Gasteiger partial charge in [-0.1, -0.05) is 6.42 Å². The van der Waals surface area contributed by atoms with Crippen LogP contribution in [-0.4, -0.2) is 50.6 Å². The molecule has 1 saturated carbocycles. The topological polar surface area (TPSA) is 88.5 Å². The Morgan fingerprint density at radius 3 is 2.44 bits per heavy atom. The van der Waals surface area contributed by atoms with Crippen molar-refractivity contribution < 1.29 is 21.9 Å². The van der Waals surface area contributed by atoms with Crippen molar-refractivity contribution in [1.29, 1.82) is 0 Å². The van der Waals surface area contributed by atoms with Gasteiger partial charge in [0.1, 0.15) is 9.84 Å². The molecule has 0 radical (unpaired) electrons. The molecule has 0 aromatic heterocycles. The molecule has 0 aromatic carbocycles. The molecule has 7 heteroatoms. The third-order valence-electron chi connectivity index (χ3n) is 4.31. The van der Waals surface area contributed by atoms with Crippen LogP contribution in [0.25, 0.3) is 0 Å². The van der Waals surface area contributed by atoms with E-state index in [0.29, 0.717) is 12.8 Å². The molecule has 1 aliphatic carbocycles. The molecule has 0 amide bonds. The van der Waals surface area contributed by atoms with E-state index in [-0.39, 0.29) is 23.8 Å². The first-order valence-corrected chi connectivity index (χ1v) is 10.0. The number of hydrogen-bond acceptors (Lipinski definition) is 5. The Bertz CT molecular complexity index is 522. The Morgan fingerprint density at radius 1 is 1.28 bits per heavy atom. The number of aliphatic hydroxyl groups is 1. The summed E-state index contributed by atoms with van der Waals surface area (Å²) in [6.07, 6.45) is 3.94. The smallest absolute Gasteiger partial charge is 0.153 e. The van der Waals surface area contributed by atoms with Gasteiger partial charge in [0.05, 0.1) is 22.4 Å². The SMILES string of the molecule is CS(=O)(=O)C1CCCC(C2(O)CCS(=O)(=O)C2)C1. The summed E-state index contributed by atoms with van der Waals surface area (Å²) in [4.78, 5) is 0. The molecule has 1 N–H and O–H groups in total. The third-order valence-corrected chi connectivity index (χ3v) is 7.71. The molecule has 0 spiro atoms. The predicted molar refractivity (Wildman–Crippen MR) is 68.8 cm³/mol. The summed E-state index contributed by atoms with van der Waals surface area (Å²) < 4.78 is 46.1. The van der Waals surface area contributed by atoms with Crippen molar-refractivity contribution in [1.82, 2.24) is 0 Å². The average molecular weight is 296 g/mol. The maximum atomic E-state index is 11.6. The van der Waals surface area contributed by atoms with Gasteiger partial charge < -0.3 is 5.11 Å². The average Bonchev–Trinajstić information content (AvgIpc) is 2.53. The van der Waals surface area contributed by atoms with E-state index < -0.39 is 30.5 Å². The molecule has 0 aromatic rings. The van der Waals surface area contributed by atoms with E-state index in [0.717, 1.165) is 12.8 Å². The summed E-state index contributed by atoms with van der Waals surface area (Å²) in [6.45, 7) is 0. The zero-order chi connectivity index (χ0) is 13.6. The highest BCUT2D eigenvalue weighted by Crippen LogP contribution is 2.40. The highest BCUT2D eigenvalue weighted by molar-refractivity contribution is 7.91. The normalized spacial score (nSPS) is 40.8. The summed E-state index contributed by atoms with van der Waals surface area (Å²) in [5, 5.41) is 10.0. The first kappa shape index (κ1) is 14.3. The van der Waals surface area contributed by atoms with E-state index in [9.17, 15) is 21.9 Å². The van der Waals surface area contributed by atoms with E-state index in [1.807, 2.05) is 0 Å². The highest BCUT2D eigenvalue weighted by atomic mass is 32.2. The fourth-order valence-corrected chi connectivity index (χ4v) is 6.33. The molecule has 0 bridgehead atoms. The molecular formula is C11H20O5S2. The summed E-state index contributed by atoms with van der Waals surface area (Å²) in [5.41, 5.74) is -1.21. The minimum Gasteiger partial charge on any atom is -0.389 e. The van der Waals surface area contributed by atoms with Gasteiger partial charge in [-0.05, 0) is 31.6 Å². The molecule has 5 nitrogen and oxygen atoms in total. The minimum atomic E-state index is -3.16. The maximum absolute atomic E-state index is 11.6. The second-order valence-electron chi connectivity index (χ2n) is 5.76. The largest absolute Gasteiger partial charge is 0.389 e. The van der Waals surface area contributed by atoms with Crippen molar-refractivity contribution >= 4 is 19.7 Å². The van der Waals surface area contributed by atoms with Gasteiger partial charge in [0, 0.05) is 6.26 Å². The fraction of sp³-hybridized carbons (Fsp3) is 1.00. The van der Waals surface area contributed by atoms with E-state index in [2.05, 4.69) is 0 Å². The highest BCUT2D eigenvalue weighted by Gasteiger charge is 2.48. The van der Waals surface area contributed by atoms with Crippen molar-refractivity contribution in [3.8, 4) is 0 Å². The zero-order valence-corrected chi connectivity index (χ0v) is 12.1. The van der Waals surface area contributed by atoms with Crippen LogP contribution in [0.4, 0.5) is 0 Å². The van der Waals surface area contributed by atoms with Crippen LogP contribution in [0, 0.1) is 5.92 Å². The molecule has 1 saturated heterocycles. The van der Waals surface area contributed by atoms with Crippen LogP contribution in [0.5, 0.6) is 0 Å². The molecule has 1 aliphatic heterocycles. The third kappa shape index (κ3) is 2.88. The summed E-state index contributed by atoms with van der Waals surface area (Å²) >= 11 is 0. The van der Waals surface area contributed by atoms with Crippen LogP contribution in [-0.2, 0) is 19.7 Å². The van der Waals surface area contributed by atoms with Crippen LogP contribution in [0.2, 0.25) is 0 Å². The van der Waals surface area contributed by atoms with Gasteiger partial charge in [-0.2, -0.15) is 0 Å². The van der Waals surface area contributed by atoms with Crippen LogP contribution in [0.15, 0.2) is 0 Å². The minimum absolute atomic E-state index is 0.0174. The molecular weight excluding hydrogens is 276 g/mol. The van der Waals surface area contributed by atoms with Gasteiger partial charge >= 0.3 is 0 Å². The van der Waals surface area contributed by atoms with E-state index in [1.165, 1.54) is 6.26 Å². The second kappa shape index (κ2) is 4.45. The standard InChI is InChI=1S/C11H20O5S2/c1-17(13,14)10-4-2-3-9(7-10)11(12)5-6-18(15,16)8-11/h9-10,12H,2-8H2,1H3. The Hall–Kier alpha value is -0.140. The first-order chi connectivity index (χ1) is 8.12. The number of sulfone groups is 2. The lowest BCUT2D eigenvalue weighted by Gasteiger charge is -2.37. The van der Waals surface area contributed by atoms with Crippen LogP contribution in [0.3, 0.4) is 0 Å². The van der Waals surface area contributed by atoms with Crippen LogP contribution >= 0.6 is 0 Å². The first-order valence-electron chi connectivity index (χ1n) is 6.24. The van der Waals surface area contributed by atoms with Gasteiger partial charge in [0.2, 0.25) is 0 Å². The van der Waals surface area contributed by atoms with Crippen LogP contribution in [0.1, 0.15) is 32.1 Å². The molecule has 2 rings (SSSR count). The lowest BCUT2D eigenvalue weighted by atomic mass is 9.76. The second-order valence-corrected chi connectivity index (χ2v) is 10.3. The predicted octanol–water partition coefficient (Wildman–Crippen LogP) is 0.139. The van der Waals surface area contributed by atoms with Crippen molar-refractivity contribution in [2.75, 3.05) is 17.8 Å². The van der Waals surface area contributed by atoms with E-state index in [4.69, 9.17) is 0 Å². The van der Waals surface area contributed by atoms with Gasteiger partial charge in [-0.25, -0.2) is 16.8 Å². The lowest BCUT2D eigenvalue weighted by molar-refractivity contribution is -0.00883. The van der Waals surface area contributed by atoms with E-state index >= 15 is 0 Å². The summed E-state index contributed by atoms with van der Waals surface area (Å²) in [6, 6.07) is 0. The Morgan fingerprint density at radius 2 is 1.94 bits per heavy atom. The maximum Gasteiger partial charge on any atom is 0.153 e. The number of hydrogen-bond donors (Lipinski definition) is 1.